The number of rotatable bonds is 3. The summed E-state index contributed by atoms with van der Waals surface area (Å²) in [6, 6.07) is 21.2. The van der Waals surface area contributed by atoms with Crippen molar-refractivity contribution in [1.29, 1.82) is 0 Å². The molecule has 22 heavy (non-hydrogen) atoms. The minimum Gasteiger partial charge on any atom is -0.411 e. The van der Waals surface area contributed by atoms with Crippen LogP contribution in [0, 0.1) is 5.92 Å². The van der Waals surface area contributed by atoms with Gasteiger partial charge < -0.3 is 10.5 Å². The van der Waals surface area contributed by atoms with E-state index >= 15 is 0 Å². The number of benzene rings is 2. The second kappa shape index (κ2) is 6.75. The summed E-state index contributed by atoms with van der Waals surface area (Å²) in [5.41, 5.74) is 3.37. The maximum absolute atomic E-state index is 9.48. The Kier molecular flexibility index (Phi) is 4.54. The third kappa shape index (κ3) is 2.90. The third-order valence-corrected chi connectivity index (χ3v) is 4.55. The van der Waals surface area contributed by atoms with Crippen LogP contribution in [0.5, 0.6) is 0 Å². The summed E-state index contributed by atoms with van der Waals surface area (Å²) in [7, 11) is 0. The molecule has 0 radical (unpaired) electrons. The third-order valence-electron chi connectivity index (χ3n) is 4.55. The van der Waals surface area contributed by atoms with Gasteiger partial charge in [-0.1, -0.05) is 72.7 Å². The van der Waals surface area contributed by atoms with Crippen LogP contribution in [0.15, 0.2) is 65.8 Å². The number of oxime groups is 1. The molecule has 2 aromatic carbocycles. The Labute approximate surface area is 131 Å². The van der Waals surface area contributed by atoms with Crippen molar-refractivity contribution in [3.05, 3.63) is 71.8 Å². The Balaban J connectivity index is 1.95. The average Bonchev–Trinajstić information content (AvgIpc) is 2.62. The molecule has 0 aromatic heterocycles. The van der Waals surface area contributed by atoms with E-state index in [0.717, 1.165) is 18.6 Å². The Morgan fingerprint density at radius 2 is 1.59 bits per heavy atom. The minimum absolute atomic E-state index is 0.177. The first-order valence-electron chi connectivity index (χ1n) is 7.90. The molecule has 3 nitrogen and oxygen atoms in total. The maximum Gasteiger partial charge on any atom is 0.0639 e. The summed E-state index contributed by atoms with van der Waals surface area (Å²) in [5.74, 6) is 0.229. The van der Waals surface area contributed by atoms with Gasteiger partial charge in [-0.15, -0.1) is 0 Å². The van der Waals surface area contributed by atoms with Crippen LogP contribution in [0.4, 0.5) is 0 Å². The van der Waals surface area contributed by atoms with Gasteiger partial charge in [0.05, 0.1) is 5.71 Å². The van der Waals surface area contributed by atoms with Crippen molar-refractivity contribution < 1.29 is 5.21 Å². The molecule has 0 saturated carbocycles. The normalized spacial score (nSPS) is 27.0. The lowest BCUT2D eigenvalue weighted by Gasteiger charge is -2.38. The first kappa shape index (κ1) is 14.8. The topological polar surface area (TPSA) is 44.6 Å². The second-order valence-corrected chi connectivity index (χ2v) is 5.83. The molecule has 2 aromatic rings. The fourth-order valence-electron chi connectivity index (χ4n) is 3.42. The van der Waals surface area contributed by atoms with E-state index in [0.29, 0.717) is 0 Å². The summed E-state index contributed by atoms with van der Waals surface area (Å²) < 4.78 is 0. The van der Waals surface area contributed by atoms with Gasteiger partial charge in [-0.3, -0.25) is 0 Å². The predicted molar refractivity (Wildman–Crippen MR) is 89.1 cm³/mol. The van der Waals surface area contributed by atoms with Gasteiger partial charge in [-0.2, -0.15) is 0 Å². The van der Waals surface area contributed by atoms with E-state index in [1.54, 1.807) is 0 Å². The molecule has 2 N–H and O–H groups in total. The van der Waals surface area contributed by atoms with Crippen LogP contribution in [-0.4, -0.2) is 10.9 Å². The molecular formula is C19H22N2O. The number of nitrogens with one attached hydrogen (secondary N) is 1. The molecule has 0 spiro atoms. The zero-order valence-corrected chi connectivity index (χ0v) is 12.8. The summed E-state index contributed by atoms with van der Waals surface area (Å²) >= 11 is 0. The lowest BCUT2D eigenvalue weighted by Crippen LogP contribution is -2.42. The summed E-state index contributed by atoms with van der Waals surface area (Å²) in [4.78, 5) is 0. The average molecular weight is 294 g/mol. The predicted octanol–water partition coefficient (Wildman–Crippen LogP) is 4.32. The van der Waals surface area contributed by atoms with Gasteiger partial charge in [0.2, 0.25) is 0 Å². The Hall–Kier alpha value is -2.13. The highest BCUT2D eigenvalue weighted by Gasteiger charge is 2.35. The van der Waals surface area contributed by atoms with Crippen LogP contribution in [0.3, 0.4) is 0 Å². The highest BCUT2D eigenvalue weighted by atomic mass is 16.4. The largest absolute Gasteiger partial charge is 0.411 e. The van der Waals surface area contributed by atoms with E-state index in [2.05, 4.69) is 65.9 Å². The molecular weight excluding hydrogens is 272 g/mol. The van der Waals surface area contributed by atoms with Crippen molar-refractivity contribution in [2.75, 3.05) is 0 Å². The molecule has 114 valence electrons. The van der Waals surface area contributed by atoms with Crippen molar-refractivity contribution >= 4 is 5.71 Å². The number of nitrogens with zero attached hydrogens (tertiary/aromatic N) is 1. The zero-order chi connectivity index (χ0) is 15.4. The van der Waals surface area contributed by atoms with E-state index in [1.165, 1.54) is 11.1 Å². The van der Waals surface area contributed by atoms with Gasteiger partial charge >= 0.3 is 0 Å². The quantitative estimate of drug-likeness (QED) is 0.654. The van der Waals surface area contributed by atoms with Crippen LogP contribution in [0.2, 0.25) is 0 Å². The summed E-state index contributed by atoms with van der Waals surface area (Å²) in [5, 5.41) is 16.9. The van der Waals surface area contributed by atoms with Gasteiger partial charge in [-0.05, 0) is 17.5 Å². The highest BCUT2D eigenvalue weighted by molar-refractivity contribution is 5.88. The summed E-state index contributed by atoms with van der Waals surface area (Å²) in [6.45, 7) is 2.15. The molecule has 1 saturated heterocycles. The lowest BCUT2D eigenvalue weighted by atomic mass is 9.79. The second-order valence-electron chi connectivity index (χ2n) is 5.83. The standard InChI is InChI=1S/C19H22N2O/c1-2-16-18(21-22)13-17(14-9-5-3-6-10-14)20-19(16)15-11-7-4-8-12-15/h3-12,16-17,19-20,22H,2,13H2,1H3/b21-18+/t16-,17-,19+/m0/s1. The molecule has 0 amide bonds. The Morgan fingerprint density at radius 1 is 1.00 bits per heavy atom. The van der Waals surface area contributed by atoms with Crippen LogP contribution < -0.4 is 5.32 Å². The van der Waals surface area contributed by atoms with E-state index in [1.807, 2.05) is 12.1 Å². The van der Waals surface area contributed by atoms with Crippen LogP contribution in [0.1, 0.15) is 43.0 Å². The van der Waals surface area contributed by atoms with Gasteiger partial charge in [0.1, 0.15) is 0 Å². The molecule has 0 bridgehead atoms. The van der Waals surface area contributed by atoms with Gasteiger partial charge in [0.25, 0.3) is 0 Å². The number of hydrogen-bond donors (Lipinski definition) is 2. The zero-order valence-electron chi connectivity index (χ0n) is 12.8. The van der Waals surface area contributed by atoms with Crippen molar-refractivity contribution in [2.45, 2.75) is 31.8 Å². The smallest absolute Gasteiger partial charge is 0.0639 e. The molecule has 1 aliphatic rings. The first-order chi connectivity index (χ1) is 10.8. The molecule has 3 rings (SSSR count). The van der Waals surface area contributed by atoms with E-state index in [-0.39, 0.29) is 18.0 Å². The van der Waals surface area contributed by atoms with Crippen molar-refractivity contribution in [1.82, 2.24) is 5.32 Å². The molecule has 1 fully saturated rings. The minimum atomic E-state index is 0.177. The van der Waals surface area contributed by atoms with Crippen molar-refractivity contribution in [2.24, 2.45) is 11.1 Å². The maximum atomic E-state index is 9.48. The SMILES string of the molecule is CC[C@H]1/C(=N/O)C[C@@H](c2ccccc2)N[C@@H]1c1ccccc1. The Morgan fingerprint density at radius 3 is 2.14 bits per heavy atom. The van der Waals surface area contributed by atoms with Gasteiger partial charge in [0.15, 0.2) is 0 Å². The molecule has 3 atom stereocenters. The molecule has 3 heteroatoms. The van der Waals surface area contributed by atoms with Crippen LogP contribution in [-0.2, 0) is 0 Å². The Bertz CT molecular complexity index is 624. The van der Waals surface area contributed by atoms with Gasteiger partial charge in [-0.25, -0.2) is 0 Å². The fourth-order valence-corrected chi connectivity index (χ4v) is 3.42. The van der Waals surface area contributed by atoms with E-state index < -0.39 is 0 Å². The monoisotopic (exact) mass is 294 g/mol. The summed E-state index contributed by atoms with van der Waals surface area (Å²) in [6.07, 6.45) is 1.70. The van der Waals surface area contributed by atoms with Gasteiger partial charge in [0, 0.05) is 24.4 Å². The van der Waals surface area contributed by atoms with Crippen molar-refractivity contribution in [3.8, 4) is 0 Å². The molecule has 1 aliphatic heterocycles. The molecule has 1 heterocycles. The van der Waals surface area contributed by atoms with E-state index in [9.17, 15) is 5.21 Å². The highest BCUT2D eigenvalue weighted by Crippen LogP contribution is 2.36. The van der Waals surface area contributed by atoms with Crippen LogP contribution in [0.25, 0.3) is 0 Å². The molecule has 0 unspecified atom stereocenters. The lowest BCUT2D eigenvalue weighted by molar-refractivity contribution is 0.287. The van der Waals surface area contributed by atoms with E-state index in [4.69, 9.17) is 0 Å². The number of piperidine rings is 1. The first-order valence-corrected chi connectivity index (χ1v) is 7.90. The fraction of sp³-hybridized carbons (Fsp3) is 0.316. The van der Waals surface area contributed by atoms with Crippen molar-refractivity contribution in [3.63, 3.8) is 0 Å². The van der Waals surface area contributed by atoms with Crippen LogP contribution >= 0.6 is 0 Å². The molecule has 0 aliphatic carbocycles. The number of hydrogen-bond acceptors (Lipinski definition) is 3.